The number of ether oxygens (including phenoxy) is 1. The van der Waals surface area contributed by atoms with Crippen molar-refractivity contribution in [2.24, 2.45) is 5.92 Å². The highest BCUT2D eigenvalue weighted by Gasteiger charge is 2.20. The van der Waals surface area contributed by atoms with Gasteiger partial charge in [0.15, 0.2) is 0 Å². The van der Waals surface area contributed by atoms with Crippen molar-refractivity contribution in [3.05, 3.63) is 35.9 Å². The van der Waals surface area contributed by atoms with E-state index in [0.717, 1.165) is 26.1 Å². The van der Waals surface area contributed by atoms with Gasteiger partial charge in [0.05, 0.1) is 6.10 Å². The van der Waals surface area contributed by atoms with Crippen molar-refractivity contribution in [3.63, 3.8) is 0 Å². The molecule has 2 rings (SSSR count). The molecule has 1 aromatic rings. The third-order valence-corrected chi connectivity index (χ3v) is 3.85. The Balaban J connectivity index is 1.85. The molecule has 0 spiro atoms. The van der Waals surface area contributed by atoms with Gasteiger partial charge in [-0.05, 0) is 56.7 Å². The third kappa shape index (κ3) is 5.33. The van der Waals surface area contributed by atoms with Crippen LogP contribution in [0.25, 0.3) is 0 Å². The number of rotatable bonds is 8. The molecule has 1 N–H and O–H groups in total. The molecule has 106 valence electrons. The lowest BCUT2D eigenvalue weighted by Crippen LogP contribution is -2.28. The summed E-state index contributed by atoms with van der Waals surface area (Å²) in [6, 6.07) is 10.8. The van der Waals surface area contributed by atoms with Crippen LogP contribution in [0, 0.1) is 5.92 Å². The Morgan fingerprint density at radius 1 is 1.32 bits per heavy atom. The first-order valence-corrected chi connectivity index (χ1v) is 7.74. The minimum Gasteiger partial charge on any atom is -0.378 e. The summed E-state index contributed by atoms with van der Waals surface area (Å²) in [5.74, 6) is 0.692. The summed E-state index contributed by atoms with van der Waals surface area (Å²) >= 11 is 0. The van der Waals surface area contributed by atoms with Gasteiger partial charge in [-0.3, -0.25) is 0 Å². The van der Waals surface area contributed by atoms with Gasteiger partial charge in [0, 0.05) is 6.61 Å². The van der Waals surface area contributed by atoms with Crippen LogP contribution >= 0.6 is 0 Å². The molecule has 1 aliphatic heterocycles. The fourth-order valence-corrected chi connectivity index (χ4v) is 2.87. The van der Waals surface area contributed by atoms with Crippen molar-refractivity contribution >= 4 is 0 Å². The van der Waals surface area contributed by atoms with Crippen LogP contribution in [0.3, 0.4) is 0 Å². The van der Waals surface area contributed by atoms with Crippen LogP contribution in [-0.2, 0) is 11.2 Å². The van der Waals surface area contributed by atoms with Crippen molar-refractivity contribution in [2.75, 3.05) is 19.7 Å². The maximum absolute atomic E-state index is 5.80. The molecular formula is C17H27NO. The lowest BCUT2D eigenvalue weighted by Gasteiger charge is -2.21. The van der Waals surface area contributed by atoms with E-state index in [1.807, 2.05) is 0 Å². The van der Waals surface area contributed by atoms with E-state index in [1.54, 1.807) is 0 Å². The zero-order valence-corrected chi connectivity index (χ0v) is 12.1. The predicted octanol–water partition coefficient (Wildman–Crippen LogP) is 3.41. The Morgan fingerprint density at radius 2 is 2.16 bits per heavy atom. The number of hydrogen-bond donors (Lipinski definition) is 1. The van der Waals surface area contributed by atoms with E-state index in [0.29, 0.717) is 12.0 Å². The summed E-state index contributed by atoms with van der Waals surface area (Å²) in [7, 11) is 0. The molecular weight excluding hydrogens is 234 g/mol. The highest BCUT2D eigenvalue weighted by atomic mass is 16.5. The molecule has 0 saturated carbocycles. The van der Waals surface area contributed by atoms with E-state index in [9.17, 15) is 0 Å². The van der Waals surface area contributed by atoms with Crippen molar-refractivity contribution in [1.82, 2.24) is 5.32 Å². The maximum Gasteiger partial charge on any atom is 0.0579 e. The summed E-state index contributed by atoms with van der Waals surface area (Å²) in [6.07, 6.45) is 6.56. The molecule has 0 radical (unpaired) electrons. The minimum absolute atomic E-state index is 0.497. The number of benzene rings is 1. The van der Waals surface area contributed by atoms with E-state index < -0.39 is 0 Å². The number of hydrogen-bond acceptors (Lipinski definition) is 2. The Bertz CT molecular complexity index is 332. The zero-order chi connectivity index (χ0) is 13.3. The van der Waals surface area contributed by atoms with Gasteiger partial charge < -0.3 is 10.1 Å². The van der Waals surface area contributed by atoms with Gasteiger partial charge in [-0.25, -0.2) is 0 Å². The summed E-state index contributed by atoms with van der Waals surface area (Å²) in [5.41, 5.74) is 1.45. The Hall–Kier alpha value is -0.860. The van der Waals surface area contributed by atoms with Gasteiger partial charge in [0.25, 0.3) is 0 Å². The molecule has 2 unspecified atom stereocenters. The first kappa shape index (κ1) is 14.5. The molecule has 19 heavy (non-hydrogen) atoms. The molecule has 0 aromatic heterocycles. The first-order chi connectivity index (χ1) is 9.38. The second-order valence-corrected chi connectivity index (χ2v) is 5.63. The molecule has 0 bridgehead atoms. The molecule has 2 atom stereocenters. The van der Waals surface area contributed by atoms with Gasteiger partial charge >= 0.3 is 0 Å². The fourth-order valence-electron chi connectivity index (χ4n) is 2.87. The van der Waals surface area contributed by atoms with Crippen molar-refractivity contribution in [3.8, 4) is 0 Å². The molecule has 0 aliphatic carbocycles. The summed E-state index contributed by atoms with van der Waals surface area (Å²) in [6.45, 7) is 5.42. The average molecular weight is 261 g/mol. The van der Waals surface area contributed by atoms with Crippen molar-refractivity contribution < 1.29 is 4.74 Å². The topological polar surface area (TPSA) is 21.3 Å². The maximum atomic E-state index is 5.80. The van der Waals surface area contributed by atoms with Crippen LogP contribution in [0.15, 0.2) is 30.3 Å². The zero-order valence-electron chi connectivity index (χ0n) is 12.1. The Kier molecular flexibility index (Phi) is 6.38. The van der Waals surface area contributed by atoms with Crippen molar-refractivity contribution in [1.29, 1.82) is 0 Å². The van der Waals surface area contributed by atoms with Crippen LogP contribution in [-0.4, -0.2) is 25.8 Å². The molecule has 1 saturated heterocycles. The third-order valence-electron chi connectivity index (χ3n) is 3.85. The monoisotopic (exact) mass is 261 g/mol. The van der Waals surface area contributed by atoms with E-state index >= 15 is 0 Å². The van der Waals surface area contributed by atoms with Crippen molar-refractivity contribution in [2.45, 2.75) is 45.1 Å². The lowest BCUT2D eigenvalue weighted by molar-refractivity contribution is 0.0893. The van der Waals surface area contributed by atoms with Crippen LogP contribution in [0.5, 0.6) is 0 Å². The molecule has 0 amide bonds. The molecule has 2 heteroatoms. The van der Waals surface area contributed by atoms with Crippen LogP contribution in [0.4, 0.5) is 0 Å². The molecule has 1 aliphatic rings. The van der Waals surface area contributed by atoms with Gasteiger partial charge in [-0.15, -0.1) is 0 Å². The smallest absolute Gasteiger partial charge is 0.0579 e. The fraction of sp³-hybridized carbons (Fsp3) is 0.647. The molecule has 2 nitrogen and oxygen atoms in total. The van der Waals surface area contributed by atoms with Gasteiger partial charge in [0.1, 0.15) is 0 Å². The molecule has 1 aromatic carbocycles. The summed E-state index contributed by atoms with van der Waals surface area (Å²) in [5, 5.41) is 3.57. The number of nitrogens with one attached hydrogen (secondary N) is 1. The normalized spacial score (nSPS) is 20.6. The van der Waals surface area contributed by atoms with Crippen LogP contribution in [0.2, 0.25) is 0 Å². The lowest BCUT2D eigenvalue weighted by atomic mass is 9.92. The van der Waals surface area contributed by atoms with Gasteiger partial charge in [-0.1, -0.05) is 37.3 Å². The second kappa shape index (κ2) is 8.34. The highest BCUT2D eigenvalue weighted by molar-refractivity contribution is 5.15. The van der Waals surface area contributed by atoms with E-state index in [1.165, 1.54) is 31.2 Å². The minimum atomic E-state index is 0.497. The quantitative estimate of drug-likeness (QED) is 0.724. The second-order valence-electron chi connectivity index (χ2n) is 5.63. The predicted molar refractivity (Wildman–Crippen MR) is 80.4 cm³/mol. The van der Waals surface area contributed by atoms with E-state index in [4.69, 9.17) is 4.74 Å². The molecule has 1 heterocycles. The first-order valence-electron chi connectivity index (χ1n) is 7.74. The summed E-state index contributed by atoms with van der Waals surface area (Å²) < 4.78 is 5.80. The largest absolute Gasteiger partial charge is 0.378 e. The van der Waals surface area contributed by atoms with Gasteiger partial charge in [-0.2, -0.15) is 0 Å². The molecule has 1 fully saturated rings. The van der Waals surface area contributed by atoms with Crippen LogP contribution < -0.4 is 5.32 Å². The van der Waals surface area contributed by atoms with Crippen LogP contribution in [0.1, 0.15) is 38.2 Å². The Morgan fingerprint density at radius 3 is 2.84 bits per heavy atom. The standard InChI is InChI=1S/C17H27NO/c1-2-10-18-14-16(13-17-9-6-11-19-17)12-15-7-4-3-5-8-15/h3-5,7-8,16-18H,2,6,9-14H2,1H3. The van der Waals surface area contributed by atoms with Gasteiger partial charge in [0.2, 0.25) is 0 Å². The average Bonchev–Trinajstić information content (AvgIpc) is 2.93. The highest BCUT2D eigenvalue weighted by Crippen LogP contribution is 2.22. The van der Waals surface area contributed by atoms with E-state index in [2.05, 4.69) is 42.6 Å². The van der Waals surface area contributed by atoms with E-state index in [-0.39, 0.29) is 0 Å². The summed E-state index contributed by atoms with van der Waals surface area (Å²) in [4.78, 5) is 0. The Labute approximate surface area is 117 Å². The SMILES string of the molecule is CCCNCC(Cc1ccccc1)CC1CCCO1.